The van der Waals surface area contributed by atoms with Crippen LogP contribution < -0.4 is 5.73 Å². The first kappa shape index (κ1) is 12.0. The van der Waals surface area contributed by atoms with Crippen LogP contribution in [0.4, 0.5) is 13.2 Å². The maximum absolute atomic E-state index is 11.7. The van der Waals surface area contributed by atoms with Crippen molar-refractivity contribution in [1.82, 2.24) is 5.16 Å². The number of aromatic nitrogens is 1. The first-order chi connectivity index (χ1) is 7.01. The predicted octanol–water partition coefficient (Wildman–Crippen LogP) is 1.60. The molecule has 1 aromatic rings. The third-order valence-electron chi connectivity index (χ3n) is 1.59. The van der Waals surface area contributed by atoms with Crippen LogP contribution in [-0.2, 0) is 17.9 Å². The molecule has 1 rings (SSSR count). The van der Waals surface area contributed by atoms with Gasteiger partial charge in [0, 0.05) is 12.6 Å². The van der Waals surface area contributed by atoms with E-state index in [4.69, 9.17) is 15.0 Å². The first-order valence-electron chi connectivity index (χ1n) is 4.30. The number of nitrogens with two attached hydrogens (primary N) is 1. The molecule has 7 heteroatoms. The molecule has 0 aliphatic rings. The number of alkyl halides is 3. The van der Waals surface area contributed by atoms with Crippen LogP contribution in [0.5, 0.6) is 0 Å². The molecule has 15 heavy (non-hydrogen) atoms. The summed E-state index contributed by atoms with van der Waals surface area (Å²) in [6, 6.07) is 1.55. The molecule has 0 aliphatic heterocycles. The highest BCUT2D eigenvalue weighted by molar-refractivity contribution is 5.03. The quantitative estimate of drug-likeness (QED) is 0.771. The summed E-state index contributed by atoms with van der Waals surface area (Å²) in [4.78, 5) is 0. The van der Waals surface area contributed by atoms with Gasteiger partial charge < -0.3 is 15.0 Å². The van der Waals surface area contributed by atoms with E-state index in [0.29, 0.717) is 11.5 Å². The van der Waals surface area contributed by atoms with E-state index < -0.39 is 12.6 Å². The van der Waals surface area contributed by atoms with E-state index in [9.17, 15) is 13.2 Å². The molecule has 86 valence electrons. The lowest BCUT2D eigenvalue weighted by Gasteiger charge is -2.05. The van der Waals surface area contributed by atoms with Gasteiger partial charge in [0.2, 0.25) is 0 Å². The van der Waals surface area contributed by atoms with Crippen LogP contribution >= 0.6 is 0 Å². The maximum Gasteiger partial charge on any atom is 0.391 e. The standard InChI is InChI=1S/C8H11F3N2O2/c9-8(10,11)1-2-14-5-7-3-6(4-12)13-15-7/h3H,1-2,4-5,12H2. The Bertz CT molecular complexity index is 298. The van der Waals surface area contributed by atoms with Crippen molar-refractivity contribution < 1.29 is 22.4 Å². The molecule has 0 aliphatic carbocycles. The van der Waals surface area contributed by atoms with E-state index in [1.54, 1.807) is 6.07 Å². The Hall–Kier alpha value is -1.08. The lowest BCUT2D eigenvalue weighted by molar-refractivity contribution is -0.146. The van der Waals surface area contributed by atoms with Crippen molar-refractivity contribution in [3.63, 3.8) is 0 Å². The van der Waals surface area contributed by atoms with E-state index >= 15 is 0 Å². The van der Waals surface area contributed by atoms with Gasteiger partial charge in [0.1, 0.15) is 6.61 Å². The zero-order valence-electron chi connectivity index (χ0n) is 7.88. The van der Waals surface area contributed by atoms with E-state index in [2.05, 4.69) is 5.16 Å². The van der Waals surface area contributed by atoms with Crippen molar-refractivity contribution in [2.45, 2.75) is 25.7 Å². The van der Waals surface area contributed by atoms with Gasteiger partial charge in [0.05, 0.1) is 18.7 Å². The van der Waals surface area contributed by atoms with Crippen molar-refractivity contribution in [2.75, 3.05) is 6.61 Å². The van der Waals surface area contributed by atoms with Gasteiger partial charge in [-0.2, -0.15) is 13.2 Å². The van der Waals surface area contributed by atoms with E-state index in [1.165, 1.54) is 0 Å². The molecule has 1 heterocycles. The van der Waals surface area contributed by atoms with Crippen molar-refractivity contribution in [2.24, 2.45) is 5.73 Å². The molecule has 0 fully saturated rings. The van der Waals surface area contributed by atoms with E-state index in [1.807, 2.05) is 0 Å². The lowest BCUT2D eigenvalue weighted by atomic mass is 10.4. The fraction of sp³-hybridized carbons (Fsp3) is 0.625. The van der Waals surface area contributed by atoms with Gasteiger partial charge in [-0.3, -0.25) is 0 Å². The highest BCUT2D eigenvalue weighted by Crippen LogP contribution is 2.19. The molecule has 4 nitrogen and oxygen atoms in total. The second-order valence-electron chi connectivity index (χ2n) is 2.91. The second-order valence-corrected chi connectivity index (χ2v) is 2.91. The third-order valence-corrected chi connectivity index (χ3v) is 1.59. The van der Waals surface area contributed by atoms with Gasteiger partial charge in [-0.1, -0.05) is 5.16 Å². The van der Waals surface area contributed by atoms with Crippen LogP contribution in [0.2, 0.25) is 0 Å². The highest BCUT2D eigenvalue weighted by Gasteiger charge is 2.26. The predicted molar refractivity (Wildman–Crippen MR) is 44.7 cm³/mol. The highest BCUT2D eigenvalue weighted by atomic mass is 19.4. The smallest absolute Gasteiger partial charge is 0.373 e. The fourth-order valence-corrected chi connectivity index (χ4v) is 0.881. The van der Waals surface area contributed by atoms with Gasteiger partial charge in [0.25, 0.3) is 0 Å². The van der Waals surface area contributed by atoms with Crippen molar-refractivity contribution >= 4 is 0 Å². The van der Waals surface area contributed by atoms with Crippen molar-refractivity contribution in [3.8, 4) is 0 Å². The number of ether oxygens (including phenoxy) is 1. The van der Waals surface area contributed by atoms with E-state index in [0.717, 1.165) is 0 Å². The number of rotatable bonds is 5. The van der Waals surface area contributed by atoms with Crippen LogP contribution in [-0.4, -0.2) is 17.9 Å². The molecule has 0 spiro atoms. The average molecular weight is 224 g/mol. The molecule has 0 saturated carbocycles. The zero-order chi connectivity index (χ0) is 11.3. The summed E-state index contributed by atoms with van der Waals surface area (Å²) in [5.74, 6) is 0.373. The minimum absolute atomic E-state index is 0.0247. The van der Waals surface area contributed by atoms with Crippen LogP contribution in [0, 0.1) is 0 Å². The molecule has 0 saturated heterocycles. The summed E-state index contributed by atoms with van der Waals surface area (Å²) < 4.78 is 44.6. The van der Waals surface area contributed by atoms with Crippen molar-refractivity contribution in [1.29, 1.82) is 0 Å². The average Bonchev–Trinajstić information content (AvgIpc) is 2.59. The van der Waals surface area contributed by atoms with Gasteiger partial charge in [-0.25, -0.2) is 0 Å². The SMILES string of the molecule is NCc1cc(COCCC(F)(F)F)on1. The minimum atomic E-state index is -4.19. The Morgan fingerprint density at radius 2 is 2.20 bits per heavy atom. The first-order valence-corrected chi connectivity index (χ1v) is 4.30. The Labute approximate surface area is 84.2 Å². The molecular formula is C8H11F3N2O2. The molecule has 0 aromatic carbocycles. The molecule has 1 aromatic heterocycles. The Kier molecular flexibility index (Phi) is 4.10. The fourth-order valence-electron chi connectivity index (χ4n) is 0.881. The number of halogens is 3. The second kappa shape index (κ2) is 5.13. The molecule has 2 N–H and O–H groups in total. The molecule has 0 atom stereocenters. The Morgan fingerprint density at radius 1 is 1.47 bits per heavy atom. The van der Waals surface area contributed by atoms with Gasteiger partial charge in [-0.15, -0.1) is 0 Å². The van der Waals surface area contributed by atoms with Gasteiger partial charge in [-0.05, 0) is 0 Å². The third kappa shape index (κ3) is 4.80. The summed E-state index contributed by atoms with van der Waals surface area (Å²) in [5.41, 5.74) is 5.81. The Balaban J connectivity index is 2.20. The largest absolute Gasteiger partial charge is 0.391 e. The maximum atomic E-state index is 11.7. The Morgan fingerprint density at radius 3 is 2.73 bits per heavy atom. The summed E-state index contributed by atoms with van der Waals surface area (Å²) in [7, 11) is 0. The number of hydrogen-bond donors (Lipinski definition) is 1. The zero-order valence-corrected chi connectivity index (χ0v) is 7.88. The van der Waals surface area contributed by atoms with Gasteiger partial charge >= 0.3 is 6.18 Å². The number of nitrogens with zero attached hydrogens (tertiary/aromatic N) is 1. The summed E-state index contributed by atoms with van der Waals surface area (Å²) in [5, 5.41) is 3.56. The molecule has 0 radical (unpaired) electrons. The normalized spacial score (nSPS) is 12.0. The van der Waals surface area contributed by atoms with Crippen molar-refractivity contribution in [3.05, 3.63) is 17.5 Å². The topological polar surface area (TPSA) is 61.3 Å². The van der Waals surface area contributed by atoms with Crippen LogP contribution in [0.3, 0.4) is 0 Å². The number of hydrogen-bond acceptors (Lipinski definition) is 4. The van der Waals surface area contributed by atoms with Crippen LogP contribution in [0.15, 0.2) is 10.6 Å². The molecular weight excluding hydrogens is 213 g/mol. The lowest BCUT2D eigenvalue weighted by Crippen LogP contribution is -2.11. The van der Waals surface area contributed by atoms with Gasteiger partial charge in [0.15, 0.2) is 5.76 Å². The van der Waals surface area contributed by atoms with Crippen LogP contribution in [0.25, 0.3) is 0 Å². The monoisotopic (exact) mass is 224 g/mol. The van der Waals surface area contributed by atoms with Crippen LogP contribution in [0.1, 0.15) is 17.9 Å². The summed E-state index contributed by atoms with van der Waals surface area (Å²) >= 11 is 0. The molecule has 0 bridgehead atoms. The minimum Gasteiger partial charge on any atom is -0.373 e. The van der Waals surface area contributed by atoms with E-state index in [-0.39, 0.29) is 19.8 Å². The molecule has 0 amide bonds. The summed E-state index contributed by atoms with van der Waals surface area (Å²) in [6.07, 6.45) is -5.16. The molecule has 0 unspecified atom stereocenters. The summed E-state index contributed by atoms with van der Waals surface area (Å²) in [6.45, 7) is -0.183.